The highest BCUT2D eigenvalue weighted by Gasteiger charge is 2.34. The number of ether oxygens (including phenoxy) is 1. The number of aromatic nitrogens is 6. The highest BCUT2D eigenvalue weighted by Crippen LogP contribution is 2.36. The van der Waals surface area contributed by atoms with E-state index in [4.69, 9.17) is 9.15 Å². The molecule has 0 radical (unpaired) electrons. The van der Waals surface area contributed by atoms with Gasteiger partial charge in [0.25, 0.3) is 18.3 Å². The van der Waals surface area contributed by atoms with Crippen molar-refractivity contribution in [3.8, 4) is 11.5 Å². The van der Waals surface area contributed by atoms with E-state index in [0.29, 0.717) is 73.4 Å². The first kappa shape index (κ1) is 44.7. The Balaban J connectivity index is 0.778. The van der Waals surface area contributed by atoms with Crippen molar-refractivity contribution in [2.75, 3.05) is 50.5 Å². The summed E-state index contributed by atoms with van der Waals surface area (Å²) in [5, 5.41) is 12.2. The first-order valence-electron chi connectivity index (χ1n) is 21.7. The summed E-state index contributed by atoms with van der Waals surface area (Å²) in [5.74, 6) is -3.14. The minimum absolute atomic E-state index is 0.0696. The lowest BCUT2D eigenvalue weighted by Crippen LogP contribution is -2.44. The lowest BCUT2D eigenvalue weighted by Gasteiger charge is -2.32. The number of aryl methyl sites for hydroxylation is 2. The number of imidazole rings is 1. The number of carbonyl (C=O) groups is 3. The molecule has 2 saturated carbocycles. The molecule has 342 valence electrons. The molecule has 3 N–H and O–H groups in total. The number of benzene rings is 1. The van der Waals surface area contributed by atoms with Crippen molar-refractivity contribution in [3.05, 3.63) is 76.4 Å². The van der Waals surface area contributed by atoms with Gasteiger partial charge in [0.1, 0.15) is 24.7 Å². The fraction of sp³-hybridized carbons (Fsp3) is 0.523. The van der Waals surface area contributed by atoms with Crippen molar-refractivity contribution >= 4 is 40.3 Å². The van der Waals surface area contributed by atoms with Crippen LogP contribution < -0.4 is 21.6 Å². The Morgan fingerprint density at radius 2 is 1.86 bits per heavy atom. The number of carbonyl (C=O) groups excluding carboxylic acids is 3. The van der Waals surface area contributed by atoms with Crippen molar-refractivity contribution in [1.29, 1.82) is 0 Å². The summed E-state index contributed by atoms with van der Waals surface area (Å²) in [6.07, 6.45) is 7.36. The molecule has 16 nitrogen and oxygen atoms in total. The van der Waals surface area contributed by atoms with Crippen molar-refractivity contribution < 1.29 is 41.1 Å². The number of pyridine rings is 1. The van der Waals surface area contributed by atoms with Crippen molar-refractivity contribution in [2.45, 2.75) is 88.6 Å². The molecule has 64 heavy (non-hydrogen) atoms. The van der Waals surface area contributed by atoms with Crippen LogP contribution in [0.2, 0.25) is 0 Å². The number of amides is 3. The van der Waals surface area contributed by atoms with E-state index < -0.39 is 49.0 Å². The summed E-state index contributed by atoms with van der Waals surface area (Å²) in [6.45, 7) is 0.0461. The zero-order chi connectivity index (χ0) is 45.1. The zero-order valence-corrected chi connectivity index (χ0v) is 35.7. The number of para-hydroxylation sites is 1. The maximum Gasteiger partial charge on any atom is 0.329 e. The molecule has 0 spiro atoms. The number of piperidine rings is 1. The summed E-state index contributed by atoms with van der Waals surface area (Å²) in [7, 11) is 3.26. The third-order valence-corrected chi connectivity index (χ3v) is 12.2. The summed E-state index contributed by atoms with van der Waals surface area (Å²) >= 11 is 0. The van der Waals surface area contributed by atoms with Gasteiger partial charge in [-0.05, 0) is 100 Å². The van der Waals surface area contributed by atoms with Crippen LogP contribution in [0.25, 0.3) is 22.5 Å². The smallest absolute Gasteiger partial charge is 0.329 e. The van der Waals surface area contributed by atoms with Gasteiger partial charge >= 0.3 is 5.69 Å². The molecule has 20 heteroatoms. The topological polar surface area (TPSA) is 183 Å². The van der Waals surface area contributed by atoms with E-state index in [0.717, 1.165) is 12.1 Å². The van der Waals surface area contributed by atoms with Crippen LogP contribution in [0.3, 0.4) is 0 Å². The highest BCUT2D eigenvalue weighted by atomic mass is 19.3. The van der Waals surface area contributed by atoms with Gasteiger partial charge in [0, 0.05) is 51.1 Å². The predicted octanol–water partition coefficient (Wildman–Crippen LogP) is 6.52. The second-order valence-electron chi connectivity index (χ2n) is 17.3. The molecule has 5 aromatic rings. The largest absolute Gasteiger partial charge is 0.444 e. The van der Waals surface area contributed by atoms with Crippen LogP contribution in [0.1, 0.15) is 98.0 Å². The van der Waals surface area contributed by atoms with Gasteiger partial charge in [0.2, 0.25) is 17.7 Å². The number of alkyl halides is 4. The average molecular weight is 893 g/mol. The Morgan fingerprint density at radius 1 is 1.08 bits per heavy atom. The van der Waals surface area contributed by atoms with E-state index in [1.807, 2.05) is 6.07 Å². The summed E-state index contributed by atoms with van der Waals surface area (Å²) in [5.41, 5.74) is 1.46. The molecule has 3 aliphatic rings. The van der Waals surface area contributed by atoms with Gasteiger partial charge in [0.05, 0.1) is 29.3 Å². The summed E-state index contributed by atoms with van der Waals surface area (Å²) < 4.78 is 73.8. The lowest BCUT2D eigenvalue weighted by atomic mass is 9.86. The van der Waals surface area contributed by atoms with E-state index in [-0.39, 0.29) is 60.3 Å². The number of anilines is 2. The Hall–Kier alpha value is -5.89. The van der Waals surface area contributed by atoms with Crippen LogP contribution in [0, 0.1) is 11.8 Å². The van der Waals surface area contributed by atoms with Gasteiger partial charge in [-0.15, -0.1) is 0 Å². The van der Waals surface area contributed by atoms with Crippen molar-refractivity contribution in [1.82, 2.24) is 39.1 Å². The number of halogens is 4. The summed E-state index contributed by atoms with van der Waals surface area (Å²) in [6, 6.07) is 7.82. The van der Waals surface area contributed by atoms with E-state index in [1.54, 1.807) is 49.5 Å². The van der Waals surface area contributed by atoms with Gasteiger partial charge in [0.15, 0.2) is 11.4 Å². The fourth-order valence-electron chi connectivity index (χ4n) is 8.85. The molecule has 1 aromatic carbocycles. The second-order valence-corrected chi connectivity index (χ2v) is 17.3. The van der Waals surface area contributed by atoms with E-state index in [9.17, 15) is 28.0 Å². The molecule has 1 saturated heterocycles. The number of rotatable bonds is 19. The minimum atomic E-state index is -3.11. The molecule has 4 aromatic heterocycles. The van der Waals surface area contributed by atoms with Crippen molar-refractivity contribution in [3.63, 3.8) is 0 Å². The number of nitrogens with one attached hydrogen (secondary N) is 3. The SMILES string of the molecule is CN(CC(F)(F)COCCCc1cccc2c1n(C)c(=O)n2C1CCC(=O)NC1=O)C[C@H]1CC[C@H](n2cc(NC(=O)c3coc(-c4ccnc(NCC5CC5)c4)n3)c(C(F)F)n2)CC1. The molecule has 3 fully saturated rings. The Kier molecular flexibility index (Phi) is 13.3. The fourth-order valence-corrected chi connectivity index (χ4v) is 8.85. The van der Waals surface area contributed by atoms with E-state index >= 15 is 8.78 Å². The normalized spacial score (nSPS) is 19.5. The van der Waals surface area contributed by atoms with Gasteiger partial charge in [-0.2, -0.15) is 5.10 Å². The Labute approximate surface area is 365 Å². The number of nitrogens with zero attached hydrogens (tertiary/aromatic N) is 7. The molecule has 1 aliphatic heterocycles. The van der Waals surface area contributed by atoms with Crippen LogP contribution in [-0.4, -0.2) is 97.3 Å². The number of hydrogen-bond donors (Lipinski definition) is 3. The number of hydrogen-bond acceptors (Lipinski definition) is 11. The van der Waals surface area contributed by atoms with Crippen LogP contribution in [0.4, 0.5) is 29.1 Å². The molecular weight excluding hydrogens is 841 g/mol. The third kappa shape index (κ3) is 10.4. The number of fused-ring (bicyclic) bond motifs is 1. The maximum atomic E-state index is 15.1. The molecule has 2 aliphatic carbocycles. The molecular formula is C44H52F4N10O6. The van der Waals surface area contributed by atoms with E-state index in [2.05, 4.69) is 31.0 Å². The highest BCUT2D eigenvalue weighted by molar-refractivity contribution is 6.03. The quantitative estimate of drug-likeness (QED) is 0.0466. The van der Waals surface area contributed by atoms with Crippen LogP contribution in [0.15, 0.2) is 58.2 Å². The molecule has 5 heterocycles. The third-order valence-electron chi connectivity index (χ3n) is 12.2. The van der Waals surface area contributed by atoms with E-state index in [1.165, 1.54) is 39.1 Å². The Bertz CT molecular complexity index is 2540. The van der Waals surface area contributed by atoms with Gasteiger partial charge in [-0.1, -0.05) is 12.1 Å². The minimum Gasteiger partial charge on any atom is -0.444 e. The molecule has 8 rings (SSSR count). The lowest BCUT2D eigenvalue weighted by molar-refractivity contribution is -0.135. The zero-order valence-electron chi connectivity index (χ0n) is 35.7. The molecule has 3 amide bonds. The van der Waals surface area contributed by atoms with Gasteiger partial charge in [-0.25, -0.2) is 32.3 Å². The number of imide groups is 1. The predicted molar refractivity (Wildman–Crippen MR) is 227 cm³/mol. The average Bonchev–Trinajstić information content (AvgIpc) is 3.66. The first-order valence-corrected chi connectivity index (χ1v) is 21.7. The summed E-state index contributed by atoms with van der Waals surface area (Å²) in [4.78, 5) is 60.8. The molecule has 1 unspecified atom stereocenters. The Morgan fingerprint density at radius 3 is 2.61 bits per heavy atom. The van der Waals surface area contributed by atoms with Crippen molar-refractivity contribution in [2.24, 2.45) is 18.9 Å². The van der Waals surface area contributed by atoms with Gasteiger partial charge in [-0.3, -0.25) is 33.5 Å². The first-order chi connectivity index (χ1) is 30.7. The monoisotopic (exact) mass is 892 g/mol. The number of oxazole rings is 1. The standard InChI is InChI=1S/C44H52F4N10O6/c1-55(24-44(47,48)25-63-18-4-6-28-5-3-7-33-38(28)56(2)43(62)58(33)34-14-15-36(59)53-41(34)61)21-27-10-12-30(13-11-27)57-22-31(37(54-57)39(45)46)51-40(60)32-23-64-42(52-32)29-16-17-49-35(19-29)50-20-26-8-9-26/h3,5,7,16-17,19,22-23,26-27,30,34,39H,4,6,8-15,18,20-21,24-25H2,1-2H3,(H,49,50)(H,51,60)(H,53,59,61)/t27-,30-,34?. The maximum absolute atomic E-state index is 15.1. The van der Waals surface area contributed by atoms with Crippen LogP contribution >= 0.6 is 0 Å². The van der Waals surface area contributed by atoms with Gasteiger partial charge < -0.3 is 24.7 Å². The van der Waals surface area contributed by atoms with Crippen LogP contribution in [0.5, 0.6) is 0 Å². The molecule has 0 bridgehead atoms. The second kappa shape index (κ2) is 19.1. The van der Waals surface area contributed by atoms with Crippen LogP contribution in [-0.2, 0) is 27.8 Å². The molecule has 1 atom stereocenters.